The van der Waals surface area contributed by atoms with Crippen LogP contribution in [0.5, 0.6) is 0 Å². The summed E-state index contributed by atoms with van der Waals surface area (Å²) in [6.45, 7) is 3.49. The molecule has 231 valence electrons. The second kappa shape index (κ2) is 18.1. The van der Waals surface area contributed by atoms with Crippen LogP contribution in [0, 0.1) is 23.0 Å². The maximum Gasteiger partial charge on any atom is 1.00 e. The topological polar surface area (TPSA) is 85.4 Å². The molecule has 0 bridgehead atoms. The fourth-order valence-electron chi connectivity index (χ4n) is 5.18. The molecule has 1 unspecified atom stereocenters. The zero-order valence-electron chi connectivity index (χ0n) is 27.6. The van der Waals surface area contributed by atoms with Gasteiger partial charge in [-0.25, -0.2) is 18.7 Å². The van der Waals surface area contributed by atoms with Crippen LogP contribution in [0.1, 0.15) is 36.6 Å². The van der Waals surface area contributed by atoms with E-state index in [0.717, 1.165) is 65.1 Å². The molecule has 0 aliphatic carbocycles. The van der Waals surface area contributed by atoms with Gasteiger partial charge in [-0.3, -0.25) is 0 Å². The van der Waals surface area contributed by atoms with Gasteiger partial charge in [-0.1, -0.05) is 66.7 Å². The molecule has 4 aromatic carbocycles. The van der Waals surface area contributed by atoms with Crippen molar-refractivity contribution in [3.8, 4) is 28.6 Å². The Morgan fingerprint density at radius 2 is 1.17 bits per heavy atom. The Balaban J connectivity index is 0.000000314. The maximum absolute atomic E-state index is 13.0. The average Bonchev–Trinajstić information content (AvgIpc) is 3.74. The summed E-state index contributed by atoms with van der Waals surface area (Å²) in [6, 6.07) is 30.9. The van der Waals surface area contributed by atoms with Crippen LogP contribution in [-0.2, 0) is 25.9 Å². The second-order valence-corrected chi connectivity index (χ2v) is 10.7. The SMILES string of the molecule is CC(N)c1ccccc1-c1cncn1CCc1ccc(F)cc1.N#Cc1ccccc1-c1cncn1CCc1ccc(F)cc1.[B].[H-].[Na+]. The van der Waals surface area contributed by atoms with Gasteiger partial charge in [0, 0.05) is 38.7 Å². The first-order valence-corrected chi connectivity index (χ1v) is 14.8. The molecule has 0 aliphatic rings. The normalized spacial score (nSPS) is 10.9. The summed E-state index contributed by atoms with van der Waals surface area (Å²) in [4.78, 5) is 8.48. The average molecular weight is 636 g/mol. The van der Waals surface area contributed by atoms with Gasteiger partial charge in [-0.05, 0) is 66.8 Å². The summed E-state index contributed by atoms with van der Waals surface area (Å²) in [5, 5.41) is 9.23. The monoisotopic (exact) mass is 635 g/mol. The standard InChI is InChI=1S/C19H20FN3.C18H14FN3.B.Na.H/c1-14(21)17-4-2-3-5-18(17)19-12-22-13-23(19)11-10-15-6-8-16(20)9-7-15;19-16-7-5-14(6-8-16)9-10-22-13-21-12-18(22)17-4-2-1-3-15(17)11-20;;;/h2-9,12-14H,10-11,21H2,1H3;1-8,12-13H,9-10H2;;;/q;;;+1;-1. The quantitative estimate of drug-likeness (QED) is 0.238. The Morgan fingerprint density at radius 1 is 0.723 bits per heavy atom. The smallest absolute Gasteiger partial charge is 1.00 e. The van der Waals surface area contributed by atoms with Crippen LogP contribution < -0.4 is 35.3 Å². The molecule has 3 radical (unpaired) electrons. The number of nitrogens with zero attached hydrogens (tertiary/aromatic N) is 5. The number of nitrogens with two attached hydrogens (primary N) is 1. The van der Waals surface area contributed by atoms with E-state index in [0.29, 0.717) is 5.56 Å². The minimum absolute atomic E-state index is 0. The van der Waals surface area contributed by atoms with E-state index >= 15 is 0 Å². The van der Waals surface area contributed by atoms with E-state index in [-0.39, 0.29) is 57.1 Å². The summed E-state index contributed by atoms with van der Waals surface area (Å²) in [5.41, 5.74) is 13.9. The Morgan fingerprint density at radius 3 is 1.66 bits per heavy atom. The predicted octanol–water partition coefficient (Wildman–Crippen LogP) is 4.49. The van der Waals surface area contributed by atoms with Crippen molar-refractivity contribution >= 4 is 8.41 Å². The third-order valence-electron chi connectivity index (χ3n) is 7.58. The molecule has 0 saturated carbocycles. The van der Waals surface area contributed by atoms with Gasteiger partial charge >= 0.3 is 29.6 Å². The van der Waals surface area contributed by atoms with E-state index in [9.17, 15) is 14.0 Å². The van der Waals surface area contributed by atoms with Gasteiger partial charge < -0.3 is 16.3 Å². The van der Waals surface area contributed by atoms with Gasteiger partial charge in [0.15, 0.2) is 0 Å². The zero-order valence-corrected chi connectivity index (χ0v) is 28.6. The van der Waals surface area contributed by atoms with Crippen molar-refractivity contribution in [1.82, 2.24) is 19.1 Å². The molecule has 6 rings (SSSR count). The first-order valence-electron chi connectivity index (χ1n) is 14.8. The van der Waals surface area contributed by atoms with E-state index in [2.05, 4.69) is 32.7 Å². The maximum atomic E-state index is 13.0. The number of hydrogen-bond acceptors (Lipinski definition) is 4. The van der Waals surface area contributed by atoms with E-state index in [1.54, 1.807) is 30.7 Å². The second-order valence-electron chi connectivity index (χ2n) is 10.7. The number of aromatic nitrogens is 4. The molecule has 2 heterocycles. The summed E-state index contributed by atoms with van der Waals surface area (Å²) in [6.07, 6.45) is 8.82. The van der Waals surface area contributed by atoms with Crippen LogP contribution >= 0.6 is 0 Å². The van der Waals surface area contributed by atoms with Gasteiger partial charge in [-0.15, -0.1) is 0 Å². The van der Waals surface area contributed by atoms with Crippen LogP contribution in [0.4, 0.5) is 8.78 Å². The van der Waals surface area contributed by atoms with Crippen molar-refractivity contribution in [2.24, 2.45) is 5.73 Å². The fourth-order valence-corrected chi connectivity index (χ4v) is 5.18. The summed E-state index contributed by atoms with van der Waals surface area (Å²) < 4.78 is 30.0. The molecule has 0 amide bonds. The van der Waals surface area contributed by atoms with E-state index < -0.39 is 0 Å². The molecule has 0 spiro atoms. The van der Waals surface area contributed by atoms with Crippen molar-refractivity contribution in [3.05, 3.63) is 156 Å². The van der Waals surface area contributed by atoms with Crippen molar-refractivity contribution in [2.75, 3.05) is 0 Å². The van der Waals surface area contributed by atoms with Crippen molar-refractivity contribution in [3.63, 3.8) is 0 Å². The van der Waals surface area contributed by atoms with Crippen LogP contribution in [0.25, 0.3) is 22.5 Å². The predicted molar refractivity (Wildman–Crippen MR) is 180 cm³/mol. The minimum atomic E-state index is -0.227. The van der Waals surface area contributed by atoms with Crippen molar-refractivity contribution < 1.29 is 39.8 Å². The first-order chi connectivity index (χ1) is 21.9. The van der Waals surface area contributed by atoms with Crippen LogP contribution in [-0.4, -0.2) is 27.5 Å². The van der Waals surface area contributed by atoms with E-state index in [4.69, 9.17) is 5.73 Å². The molecular formula is C37H35BF2N6Na. The number of benzene rings is 4. The van der Waals surface area contributed by atoms with Crippen molar-refractivity contribution in [1.29, 1.82) is 5.26 Å². The Bertz CT molecular complexity index is 1890. The molecule has 0 fully saturated rings. The number of imidazole rings is 2. The van der Waals surface area contributed by atoms with Gasteiger partial charge in [0.1, 0.15) is 11.6 Å². The molecule has 2 aromatic heterocycles. The molecule has 0 saturated heterocycles. The number of rotatable bonds is 9. The Hall–Kier alpha value is -4.33. The van der Waals surface area contributed by atoms with Crippen LogP contribution in [0.3, 0.4) is 0 Å². The number of hydrogen-bond donors (Lipinski definition) is 1. The van der Waals surface area contributed by atoms with Crippen LogP contribution in [0.15, 0.2) is 122 Å². The number of aryl methyl sites for hydroxylation is 4. The summed E-state index contributed by atoms with van der Waals surface area (Å²) in [5.74, 6) is -0.432. The van der Waals surface area contributed by atoms with Gasteiger partial charge in [0.2, 0.25) is 0 Å². The number of halogens is 2. The minimum Gasteiger partial charge on any atom is -1.00 e. The third-order valence-corrected chi connectivity index (χ3v) is 7.58. The number of nitriles is 1. The molecule has 1 atom stereocenters. The molecule has 0 aliphatic heterocycles. The van der Waals surface area contributed by atoms with Gasteiger partial charge in [-0.2, -0.15) is 5.26 Å². The molecule has 2 N–H and O–H groups in total. The molecular weight excluding hydrogens is 600 g/mol. The molecule has 47 heavy (non-hydrogen) atoms. The zero-order chi connectivity index (χ0) is 31.6. The summed E-state index contributed by atoms with van der Waals surface area (Å²) >= 11 is 0. The largest absolute Gasteiger partial charge is 1.00 e. The van der Waals surface area contributed by atoms with E-state index in [1.807, 2.05) is 66.5 Å². The van der Waals surface area contributed by atoms with Crippen molar-refractivity contribution in [2.45, 2.75) is 38.9 Å². The van der Waals surface area contributed by atoms with Gasteiger partial charge in [0.05, 0.1) is 48.1 Å². The molecule has 6 aromatic rings. The molecule has 6 nitrogen and oxygen atoms in total. The van der Waals surface area contributed by atoms with Gasteiger partial charge in [0.25, 0.3) is 0 Å². The summed E-state index contributed by atoms with van der Waals surface area (Å²) in [7, 11) is 0. The fraction of sp³-hybridized carbons (Fsp3) is 0.162. The molecule has 10 heteroatoms. The third kappa shape index (κ3) is 9.83. The Kier molecular flexibility index (Phi) is 14.3. The Labute approximate surface area is 300 Å². The van der Waals surface area contributed by atoms with Crippen LogP contribution in [0.2, 0.25) is 0 Å². The van der Waals surface area contributed by atoms with E-state index in [1.165, 1.54) is 24.3 Å². The first kappa shape index (κ1) is 37.1.